The number of hydrogen-bond acceptors (Lipinski definition) is 3. The molecule has 3 aromatic carbocycles. The molecule has 0 aliphatic carbocycles. The van der Waals surface area contributed by atoms with Crippen molar-refractivity contribution in [1.82, 2.24) is 0 Å². The minimum Gasteiger partial charge on any atom is -0.327 e. The molecule has 166 valence electrons. The van der Waals surface area contributed by atoms with Crippen molar-refractivity contribution in [3.63, 3.8) is 0 Å². The number of anilines is 2. The molecule has 0 aromatic heterocycles. The second-order valence-electron chi connectivity index (χ2n) is 8.30. The number of sulfonamides is 1. The van der Waals surface area contributed by atoms with Crippen molar-refractivity contribution in [2.45, 2.75) is 19.5 Å². The van der Waals surface area contributed by atoms with E-state index in [1.807, 2.05) is 24.3 Å². The van der Waals surface area contributed by atoms with Crippen LogP contribution in [0.3, 0.4) is 0 Å². The summed E-state index contributed by atoms with van der Waals surface area (Å²) in [6.07, 6.45) is 2.24. The summed E-state index contributed by atoms with van der Waals surface area (Å²) in [7, 11) is -1.88. The van der Waals surface area contributed by atoms with Crippen LogP contribution in [0.5, 0.6) is 0 Å². The summed E-state index contributed by atoms with van der Waals surface area (Å²) in [4.78, 5) is 14.2. The Balaban J connectivity index is 1.39. The number of nitrogens with one attached hydrogen (secondary N) is 2. The second kappa shape index (κ2) is 9.14. The summed E-state index contributed by atoms with van der Waals surface area (Å²) in [6, 6.07) is 23.1. The lowest BCUT2D eigenvalue weighted by atomic mass is 9.99. The van der Waals surface area contributed by atoms with Crippen molar-refractivity contribution < 1.29 is 18.1 Å². The highest BCUT2D eigenvalue weighted by Gasteiger charge is 2.19. The first-order chi connectivity index (χ1) is 15.3. The van der Waals surface area contributed by atoms with Crippen LogP contribution in [0.2, 0.25) is 0 Å². The van der Waals surface area contributed by atoms with Gasteiger partial charge < -0.3 is 10.2 Å². The summed E-state index contributed by atoms with van der Waals surface area (Å²) in [5, 5.41) is 2.85. The standard InChI is InChI=1S/C25H27N3O3S/c1-27(32(2,30)31)24-9-5-8-23(16-24)26-25(29)21-12-10-19(11-13-21)17-28-15-14-20-6-3-4-7-22(20)18-28/h3-13,16H,14-15,17-18H2,1-2H3,(H,26,29)/p+1. The molecule has 0 radical (unpaired) electrons. The Hall–Kier alpha value is -3.16. The molecule has 1 aliphatic rings. The molecule has 2 N–H and O–H groups in total. The van der Waals surface area contributed by atoms with Gasteiger partial charge in [-0.3, -0.25) is 9.10 Å². The molecule has 0 fully saturated rings. The first-order valence-electron chi connectivity index (χ1n) is 10.6. The van der Waals surface area contributed by atoms with Gasteiger partial charge in [-0.2, -0.15) is 0 Å². The molecule has 1 heterocycles. The Morgan fingerprint density at radius 2 is 1.72 bits per heavy atom. The van der Waals surface area contributed by atoms with Crippen LogP contribution >= 0.6 is 0 Å². The molecule has 0 saturated heterocycles. The summed E-state index contributed by atoms with van der Waals surface area (Å²) in [5.74, 6) is -0.227. The van der Waals surface area contributed by atoms with Crippen LogP contribution in [0.25, 0.3) is 0 Å². The monoisotopic (exact) mass is 450 g/mol. The Bertz CT molecular complexity index is 1220. The maximum Gasteiger partial charge on any atom is 0.255 e. The quantitative estimate of drug-likeness (QED) is 0.606. The fourth-order valence-corrected chi connectivity index (χ4v) is 4.53. The van der Waals surface area contributed by atoms with Crippen molar-refractivity contribution in [2.24, 2.45) is 0 Å². The van der Waals surface area contributed by atoms with Crippen molar-refractivity contribution in [3.05, 3.63) is 95.1 Å². The number of nitrogens with zero attached hydrogens (tertiary/aromatic N) is 1. The summed E-state index contributed by atoms with van der Waals surface area (Å²) < 4.78 is 24.7. The zero-order valence-corrected chi connectivity index (χ0v) is 19.2. The van der Waals surface area contributed by atoms with Gasteiger partial charge in [0.05, 0.1) is 18.5 Å². The van der Waals surface area contributed by atoms with Gasteiger partial charge in [0, 0.05) is 35.8 Å². The smallest absolute Gasteiger partial charge is 0.255 e. The normalized spacial score (nSPS) is 15.6. The molecule has 32 heavy (non-hydrogen) atoms. The fourth-order valence-electron chi connectivity index (χ4n) is 4.03. The maximum atomic E-state index is 12.7. The van der Waals surface area contributed by atoms with Crippen molar-refractivity contribution in [1.29, 1.82) is 0 Å². The zero-order chi connectivity index (χ0) is 22.7. The number of carbonyl (C=O) groups excluding carboxylic acids is 1. The Morgan fingerprint density at radius 1 is 1.00 bits per heavy atom. The Kier molecular flexibility index (Phi) is 6.30. The summed E-state index contributed by atoms with van der Waals surface area (Å²) in [5.41, 5.74) is 5.68. The predicted octanol–water partition coefficient (Wildman–Crippen LogP) is 2.48. The molecule has 1 amide bonds. The molecule has 1 aliphatic heterocycles. The van der Waals surface area contributed by atoms with Gasteiger partial charge in [-0.25, -0.2) is 8.42 Å². The van der Waals surface area contributed by atoms with E-state index in [-0.39, 0.29) is 5.91 Å². The lowest BCUT2D eigenvalue weighted by Gasteiger charge is -2.26. The number of quaternary nitrogens is 1. The first-order valence-corrected chi connectivity index (χ1v) is 12.5. The van der Waals surface area contributed by atoms with E-state index in [0.29, 0.717) is 16.9 Å². The Morgan fingerprint density at radius 3 is 2.44 bits per heavy atom. The number of hydrogen-bond donors (Lipinski definition) is 2. The predicted molar refractivity (Wildman–Crippen MR) is 127 cm³/mol. The second-order valence-corrected chi connectivity index (χ2v) is 10.3. The fraction of sp³-hybridized carbons (Fsp3) is 0.240. The van der Waals surface area contributed by atoms with Crippen LogP contribution < -0.4 is 14.5 Å². The van der Waals surface area contributed by atoms with E-state index in [2.05, 4.69) is 29.6 Å². The molecule has 0 bridgehead atoms. The number of carbonyl (C=O) groups is 1. The molecule has 4 rings (SSSR count). The van der Waals surface area contributed by atoms with Crippen molar-refractivity contribution >= 4 is 27.3 Å². The van der Waals surface area contributed by atoms with E-state index in [0.717, 1.165) is 32.3 Å². The van der Waals surface area contributed by atoms with Gasteiger partial charge in [0.2, 0.25) is 10.0 Å². The lowest BCUT2D eigenvalue weighted by molar-refractivity contribution is -0.929. The van der Waals surface area contributed by atoms with Crippen LogP contribution in [-0.2, 0) is 29.5 Å². The maximum absolute atomic E-state index is 12.7. The van der Waals surface area contributed by atoms with Crippen LogP contribution in [0.1, 0.15) is 27.0 Å². The highest BCUT2D eigenvalue weighted by Crippen LogP contribution is 2.21. The number of amides is 1. The van der Waals surface area contributed by atoms with Gasteiger partial charge in [0.1, 0.15) is 13.1 Å². The molecule has 6 nitrogen and oxygen atoms in total. The van der Waals surface area contributed by atoms with Gasteiger partial charge >= 0.3 is 0 Å². The van der Waals surface area contributed by atoms with Crippen LogP contribution in [0.4, 0.5) is 11.4 Å². The zero-order valence-electron chi connectivity index (χ0n) is 18.3. The molecule has 1 atom stereocenters. The minimum absolute atomic E-state index is 0.227. The molecule has 3 aromatic rings. The molecular formula is C25H28N3O3S+. The highest BCUT2D eigenvalue weighted by atomic mass is 32.2. The summed E-state index contributed by atoms with van der Waals surface area (Å²) >= 11 is 0. The van der Waals surface area contributed by atoms with Crippen molar-refractivity contribution in [2.75, 3.05) is 29.5 Å². The molecule has 1 unspecified atom stereocenters. The lowest BCUT2D eigenvalue weighted by Crippen LogP contribution is -3.10. The van der Waals surface area contributed by atoms with Gasteiger partial charge in [0.15, 0.2) is 0 Å². The topological polar surface area (TPSA) is 70.9 Å². The van der Waals surface area contributed by atoms with E-state index >= 15 is 0 Å². The third-order valence-electron chi connectivity index (χ3n) is 5.94. The highest BCUT2D eigenvalue weighted by molar-refractivity contribution is 7.92. The summed E-state index contributed by atoms with van der Waals surface area (Å²) in [6.45, 7) is 3.06. The van der Waals surface area contributed by atoms with E-state index in [4.69, 9.17) is 0 Å². The van der Waals surface area contributed by atoms with E-state index in [1.165, 1.54) is 32.9 Å². The van der Waals surface area contributed by atoms with Gasteiger partial charge in [-0.15, -0.1) is 0 Å². The molecule has 0 spiro atoms. The third-order valence-corrected chi connectivity index (χ3v) is 7.15. The van der Waals surface area contributed by atoms with Gasteiger partial charge in [-0.05, 0) is 35.9 Å². The number of fused-ring (bicyclic) bond motifs is 1. The average Bonchev–Trinajstić information content (AvgIpc) is 2.78. The van der Waals surface area contributed by atoms with E-state index in [9.17, 15) is 13.2 Å². The number of benzene rings is 3. The minimum atomic E-state index is -3.37. The largest absolute Gasteiger partial charge is 0.327 e. The van der Waals surface area contributed by atoms with E-state index in [1.54, 1.807) is 24.3 Å². The van der Waals surface area contributed by atoms with Crippen LogP contribution in [-0.4, -0.2) is 34.2 Å². The molecule has 0 saturated carbocycles. The van der Waals surface area contributed by atoms with Crippen LogP contribution in [0, 0.1) is 0 Å². The average molecular weight is 451 g/mol. The van der Waals surface area contributed by atoms with E-state index < -0.39 is 10.0 Å². The van der Waals surface area contributed by atoms with Gasteiger partial charge in [0.25, 0.3) is 5.91 Å². The SMILES string of the molecule is CN(c1cccc(NC(=O)c2ccc(C[NH+]3CCc4ccccc4C3)cc2)c1)S(C)(=O)=O. The Labute approximate surface area is 189 Å². The van der Waals surface area contributed by atoms with Crippen LogP contribution in [0.15, 0.2) is 72.8 Å². The molecule has 7 heteroatoms. The van der Waals surface area contributed by atoms with Crippen molar-refractivity contribution in [3.8, 4) is 0 Å². The first kappa shape index (κ1) is 22.0. The van der Waals surface area contributed by atoms with Gasteiger partial charge in [-0.1, -0.05) is 42.5 Å². The third kappa shape index (κ3) is 5.18. The number of rotatable bonds is 6. The molecular weight excluding hydrogens is 422 g/mol.